The predicted molar refractivity (Wildman–Crippen MR) is 307 cm³/mol. The van der Waals surface area contributed by atoms with Crippen LogP contribution in [-0.4, -0.2) is 151 Å². The number of rotatable bonds is 23. The lowest BCUT2D eigenvalue weighted by Gasteiger charge is -2.44. The number of esters is 6. The number of benzene rings is 4. The number of hydrogen-bond acceptors (Lipinski definition) is 20. The Morgan fingerprint density at radius 2 is 0.892 bits per heavy atom. The number of ether oxygens (including phenoxy) is 10. The summed E-state index contributed by atoms with van der Waals surface area (Å²) in [5.74, 6) is -5.37. The van der Waals surface area contributed by atoms with Gasteiger partial charge in [-0.3, -0.25) is 19.2 Å². The van der Waals surface area contributed by atoms with E-state index in [0.717, 1.165) is 84.0 Å². The summed E-state index contributed by atoms with van der Waals surface area (Å²) in [6.45, 7) is 13.7. The second kappa shape index (κ2) is 28.4. The maximum Gasteiger partial charge on any atom is 0.407 e. The van der Waals surface area contributed by atoms with Crippen LogP contribution in [-0.2, 0) is 76.1 Å². The van der Waals surface area contributed by atoms with Gasteiger partial charge in [0.2, 0.25) is 0 Å². The monoisotopic (exact) mass is 1180 g/mol. The van der Waals surface area contributed by atoms with E-state index in [-0.39, 0.29) is 48.9 Å². The molecular weight excluding hydrogens is 1110 g/mol. The fourth-order valence-corrected chi connectivity index (χ4v) is 12.3. The van der Waals surface area contributed by atoms with E-state index in [9.17, 15) is 38.4 Å². The summed E-state index contributed by atoms with van der Waals surface area (Å²) < 4.78 is 58.0. The summed E-state index contributed by atoms with van der Waals surface area (Å²) in [7, 11) is 0. The first-order chi connectivity index (χ1) is 39.3. The molecule has 2 amide bonds. The molecule has 446 valence electrons. The third-order valence-electron chi connectivity index (χ3n) is 13.1. The van der Waals surface area contributed by atoms with Crippen molar-refractivity contribution < 1.29 is 85.7 Å². The van der Waals surface area contributed by atoms with Gasteiger partial charge in [-0.1, -0.05) is 97.1 Å². The Morgan fingerprint density at radius 1 is 0.494 bits per heavy atom. The third kappa shape index (κ3) is 17.7. The van der Waals surface area contributed by atoms with Crippen molar-refractivity contribution >= 4 is 71.5 Å². The molecule has 1 aliphatic heterocycles. The Labute approximate surface area is 491 Å². The molecule has 2 aliphatic carbocycles. The number of fused-ring (bicyclic) bond motifs is 6. The van der Waals surface area contributed by atoms with Crippen molar-refractivity contribution in [3.8, 4) is 22.3 Å². The molecule has 4 aromatic rings. The van der Waals surface area contributed by atoms with E-state index in [4.69, 9.17) is 47.4 Å². The molecule has 2 N–H and O–H groups in total. The maximum absolute atomic E-state index is 14.0. The van der Waals surface area contributed by atoms with Crippen LogP contribution in [0.5, 0.6) is 0 Å². The summed E-state index contributed by atoms with van der Waals surface area (Å²) in [6, 6.07) is 28.9. The summed E-state index contributed by atoms with van der Waals surface area (Å²) >= 11 is 2.35. The molecule has 20 nitrogen and oxygen atoms in total. The third-order valence-corrected chi connectivity index (χ3v) is 15.9. The topological polar surface area (TPSA) is 253 Å². The molecule has 0 saturated carbocycles. The van der Waals surface area contributed by atoms with Gasteiger partial charge in [0.05, 0.1) is 6.61 Å². The molecule has 0 aromatic heterocycles. The van der Waals surface area contributed by atoms with Crippen LogP contribution in [0.4, 0.5) is 9.59 Å². The van der Waals surface area contributed by atoms with Crippen molar-refractivity contribution in [2.24, 2.45) is 0 Å². The number of amides is 2. The molecule has 0 radical (unpaired) electrons. The molecule has 1 saturated heterocycles. The highest BCUT2D eigenvalue weighted by Gasteiger charge is 2.53. The van der Waals surface area contributed by atoms with Crippen molar-refractivity contribution in [1.29, 1.82) is 0 Å². The van der Waals surface area contributed by atoms with Crippen molar-refractivity contribution in [3.05, 3.63) is 119 Å². The first kappa shape index (κ1) is 63.4. The van der Waals surface area contributed by atoms with Crippen LogP contribution in [0.1, 0.15) is 103 Å². The van der Waals surface area contributed by atoms with Crippen molar-refractivity contribution in [1.82, 2.24) is 10.6 Å². The van der Waals surface area contributed by atoms with Crippen LogP contribution in [0, 0.1) is 0 Å². The Hall–Kier alpha value is -7.14. The van der Waals surface area contributed by atoms with E-state index >= 15 is 0 Å². The van der Waals surface area contributed by atoms with E-state index in [2.05, 4.69) is 10.6 Å². The first-order valence-corrected chi connectivity index (χ1v) is 29.4. The molecule has 0 spiro atoms. The fourth-order valence-electron chi connectivity index (χ4n) is 9.87. The predicted octanol–water partition coefficient (Wildman–Crippen LogP) is 8.42. The lowest BCUT2D eigenvalue weighted by atomic mass is 9.98. The van der Waals surface area contributed by atoms with E-state index < -0.39 is 114 Å². The standard InChI is InChI=1S/C61H72N2O18S2/c1-34(64)72-30-51-52(76-35(2)65)53(77-36(3)66)54(78-37(4)67)57(79-51)73-27-38(83-33-50(56(69)81-61(8,9)10)63-59(71)75-29-48-45-25-17-13-21-41(45)42-22-14-18-26-46(42)48)31-82-32-49(55(68)80-60(5,6)7)62-58(70)74-28-47-43-23-15-11-19-39(43)40-20-12-16-24-44(40)47/h11-26,38,47-54,57H,27-33H2,1-10H3,(H,62,70)(H,63,71)/t38?,49-,50-,51+,52+,53-,54+,57+/m0/s1. The second-order valence-electron chi connectivity index (χ2n) is 22.0. The maximum atomic E-state index is 14.0. The van der Waals surface area contributed by atoms with Crippen LogP contribution >= 0.6 is 23.5 Å². The van der Waals surface area contributed by atoms with E-state index in [0.29, 0.717) is 0 Å². The molecule has 4 aromatic carbocycles. The van der Waals surface area contributed by atoms with Gasteiger partial charge in [0.1, 0.15) is 49.2 Å². The zero-order chi connectivity index (χ0) is 60.2. The highest BCUT2D eigenvalue weighted by molar-refractivity contribution is 8.03. The SMILES string of the molecule is CC(=O)OC[C@H]1O[C@@H](OCC(CSC[C@H](NC(=O)OCC2c3ccccc3-c3ccccc32)C(=O)OC(C)(C)C)SC[C@H](NC(=O)OCC2c3ccccc3-c3ccccc32)C(=O)OC(C)(C)C)[C@H](OC(C)=O)[C@@H](OC(C)=O)[C@@H]1OC(C)=O. The van der Waals surface area contributed by atoms with Crippen LogP contribution in [0.3, 0.4) is 0 Å². The minimum Gasteiger partial charge on any atom is -0.463 e. The van der Waals surface area contributed by atoms with Crippen molar-refractivity contribution in [3.63, 3.8) is 0 Å². The van der Waals surface area contributed by atoms with Crippen molar-refractivity contribution in [2.45, 2.75) is 140 Å². The van der Waals surface area contributed by atoms with E-state index in [1.54, 1.807) is 41.5 Å². The molecule has 83 heavy (non-hydrogen) atoms. The van der Waals surface area contributed by atoms with E-state index in [1.807, 2.05) is 97.1 Å². The lowest BCUT2D eigenvalue weighted by Crippen LogP contribution is -2.63. The smallest absolute Gasteiger partial charge is 0.407 e. The summed E-state index contributed by atoms with van der Waals surface area (Å²) in [6.07, 6.45) is -9.18. The van der Waals surface area contributed by atoms with Gasteiger partial charge in [-0.25, -0.2) is 19.2 Å². The minimum atomic E-state index is -1.57. The van der Waals surface area contributed by atoms with Gasteiger partial charge < -0.3 is 58.0 Å². The molecule has 22 heteroatoms. The fraction of sp³-hybridized carbons (Fsp3) is 0.475. The average Bonchev–Trinajstić information content (AvgIpc) is 3.21. The molecule has 8 atom stereocenters. The van der Waals surface area contributed by atoms with Gasteiger partial charge in [0, 0.05) is 62.0 Å². The lowest BCUT2D eigenvalue weighted by molar-refractivity contribution is -0.307. The average molecular weight is 1190 g/mol. The summed E-state index contributed by atoms with van der Waals surface area (Å²) in [4.78, 5) is 105. The Bertz CT molecular complexity index is 2900. The Balaban J connectivity index is 1.13. The van der Waals surface area contributed by atoms with Gasteiger partial charge in [-0.15, -0.1) is 0 Å². The van der Waals surface area contributed by atoms with Crippen LogP contribution in [0.25, 0.3) is 22.3 Å². The molecule has 3 aliphatic rings. The molecule has 7 rings (SSSR count). The van der Waals surface area contributed by atoms with Crippen LogP contribution in [0.2, 0.25) is 0 Å². The van der Waals surface area contributed by atoms with Gasteiger partial charge in [0.25, 0.3) is 0 Å². The summed E-state index contributed by atoms with van der Waals surface area (Å²) in [5, 5.41) is 4.70. The van der Waals surface area contributed by atoms with Gasteiger partial charge in [-0.05, 0) is 86.1 Å². The zero-order valence-corrected chi connectivity index (χ0v) is 49.8. The quantitative estimate of drug-likeness (QED) is 0.0522. The molecule has 0 bridgehead atoms. The molecular formula is C61H72N2O18S2. The molecule has 1 heterocycles. The number of alkyl carbamates (subject to hydrolysis) is 2. The second-order valence-corrected chi connectivity index (χ2v) is 24.4. The number of hydrogen-bond donors (Lipinski definition) is 2. The highest BCUT2D eigenvalue weighted by atomic mass is 32.2. The number of thioether (sulfide) groups is 2. The van der Waals surface area contributed by atoms with Gasteiger partial charge >= 0.3 is 48.0 Å². The Morgan fingerprint density at radius 3 is 1.30 bits per heavy atom. The van der Waals surface area contributed by atoms with Crippen molar-refractivity contribution in [2.75, 3.05) is 43.7 Å². The molecule has 1 unspecified atom stereocenters. The molecule has 1 fully saturated rings. The van der Waals surface area contributed by atoms with Gasteiger partial charge in [0.15, 0.2) is 24.6 Å². The highest BCUT2D eigenvalue weighted by Crippen LogP contribution is 2.46. The minimum absolute atomic E-state index is 0.0216. The number of carbonyl (C=O) groups is 8. The zero-order valence-electron chi connectivity index (χ0n) is 48.1. The Kier molecular flexibility index (Phi) is 21.7. The normalized spacial score (nSPS) is 19.2. The summed E-state index contributed by atoms with van der Waals surface area (Å²) in [5.41, 5.74) is 6.17. The number of nitrogens with one attached hydrogen (secondary N) is 2. The largest absolute Gasteiger partial charge is 0.463 e. The first-order valence-electron chi connectivity index (χ1n) is 27.2. The van der Waals surface area contributed by atoms with E-state index in [1.165, 1.54) is 11.8 Å². The van der Waals surface area contributed by atoms with Crippen LogP contribution in [0.15, 0.2) is 97.1 Å². The number of carbonyl (C=O) groups excluding carboxylic acids is 8. The van der Waals surface area contributed by atoms with Gasteiger partial charge in [-0.2, -0.15) is 23.5 Å². The van der Waals surface area contributed by atoms with Crippen LogP contribution < -0.4 is 10.6 Å².